The van der Waals surface area contributed by atoms with E-state index in [9.17, 15) is 5.11 Å². The van der Waals surface area contributed by atoms with Crippen LogP contribution in [0.3, 0.4) is 0 Å². The second kappa shape index (κ2) is 6.29. The molecule has 1 atom stereocenters. The Bertz CT molecular complexity index is 585. The Hall–Kier alpha value is -0.840. The van der Waals surface area contributed by atoms with Gasteiger partial charge in [-0.1, -0.05) is 30.3 Å². The molecule has 0 aliphatic heterocycles. The Morgan fingerprint density at radius 2 is 2.00 bits per heavy atom. The highest BCUT2D eigenvalue weighted by Crippen LogP contribution is 2.33. The molecular weight excluding hydrogens is 340 g/mol. The second-order valence-electron chi connectivity index (χ2n) is 4.98. The van der Waals surface area contributed by atoms with Gasteiger partial charge >= 0.3 is 0 Å². The van der Waals surface area contributed by atoms with Crippen molar-refractivity contribution < 1.29 is 5.11 Å². The first-order chi connectivity index (χ1) is 9.48. The van der Waals surface area contributed by atoms with Crippen LogP contribution in [0, 0.1) is 6.92 Å². The van der Waals surface area contributed by atoms with Crippen molar-refractivity contribution in [3.63, 3.8) is 0 Å². The molecular formula is C15H18BrClN2O. The minimum absolute atomic E-state index is 0.403. The molecule has 0 spiro atoms. The fourth-order valence-electron chi connectivity index (χ4n) is 2.39. The summed E-state index contributed by atoms with van der Waals surface area (Å²) in [6.45, 7) is 1.94. The van der Waals surface area contributed by atoms with Gasteiger partial charge in [-0.05, 0) is 34.8 Å². The number of aliphatic hydroxyl groups is 1. The summed E-state index contributed by atoms with van der Waals surface area (Å²) in [4.78, 5) is 0. The number of halogens is 2. The summed E-state index contributed by atoms with van der Waals surface area (Å²) in [5.41, 5.74) is 1.79. The lowest BCUT2D eigenvalue weighted by Crippen LogP contribution is -2.30. The molecule has 1 aromatic heterocycles. The van der Waals surface area contributed by atoms with E-state index in [0.29, 0.717) is 18.7 Å². The van der Waals surface area contributed by atoms with Crippen molar-refractivity contribution in [2.75, 3.05) is 5.88 Å². The van der Waals surface area contributed by atoms with E-state index in [1.54, 1.807) is 0 Å². The molecule has 2 aromatic rings. The van der Waals surface area contributed by atoms with Crippen molar-refractivity contribution in [2.24, 2.45) is 7.05 Å². The summed E-state index contributed by atoms with van der Waals surface area (Å²) < 4.78 is 2.76. The van der Waals surface area contributed by atoms with Gasteiger partial charge in [0.2, 0.25) is 0 Å². The Balaban J connectivity index is 2.39. The number of aryl methyl sites for hydroxylation is 2. The molecule has 1 N–H and O–H groups in total. The summed E-state index contributed by atoms with van der Waals surface area (Å²) in [7, 11) is 1.89. The summed E-state index contributed by atoms with van der Waals surface area (Å²) in [5.74, 6) is 0.403. The Labute approximate surface area is 132 Å². The molecule has 0 saturated heterocycles. The van der Waals surface area contributed by atoms with Crippen LogP contribution in [0.1, 0.15) is 23.4 Å². The number of aromatic nitrogens is 2. The SMILES string of the molecule is Cc1nn(C)c(CC(O)(CCCl)c2ccccc2)c1Br. The third-order valence-corrected chi connectivity index (χ3v) is 4.76. The molecule has 20 heavy (non-hydrogen) atoms. The molecule has 1 unspecified atom stereocenters. The van der Waals surface area contributed by atoms with Crippen molar-refractivity contribution in [2.45, 2.75) is 25.4 Å². The molecule has 1 heterocycles. The lowest BCUT2D eigenvalue weighted by atomic mass is 9.86. The van der Waals surface area contributed by atoms with Gasteiger partial charge < -0.3 is 5.11 Å². The molecule has 0 radical (unpaired) electrons. The molecule has 0 saturated carbocycles. The molecule has 0 aliphatic rings. The molecule has 5 heteroatoms. The van der Waals surface area contributed by atoms with Crippen LogP contribution >= 0.6 is 27.5 Å². The molecule has 0 aliphatic carbocycles. The Morgan fingerprint density at radius 3 is 2.50 bits per heavy atom. The van der Waals surface area contributed by atoms with Gasteiger partial charge in [0.25, 0.3) is 0 Å². The average Bonchev–Trinajstić information content (AvgIpc) is 2.67. The van der Waals surface area contributed by atoms with Crippen LogP contribution in [0.2, 0.25) is 0 Å². The molecule has 108 valence electrons. The normalized spacial score (nSPS) is 14.2. The molecule has 2 rings (SSSR count). The van der Waals surface area contributed by atoms with Gasteiger partial charge in [-0.25, -0.2) is 0 Å². The highest BCUT2D eigenvalue weighted by molar-refractivity contribution is 9.10. The van der Waals surface area contributed by atoms with Crippen LogP contribution in [0.5, 0.6) is 0 Å². The van der Waals surface area contributed by atoms with Gasteiger partial charge in [-0.15, -0.1) is 11.6 Å². The maximum absolute atomic E-state index is 11.0. The second-order valence-corrected chi connectivity index (χ2v) is 6.15. The lowest BCUT2D eigenvalue weighted by Gasteiger charge is -2.28. The number of benzene rings is 1. The van der Waals surface area contributed by atoms with Gasteiger partial charge in [-0.3, -0.25) is 4.68 Å². The molecule has 0 amide bonds. The first-order valence-electron chi connectivity index (χ1n) is 6.50. The number of hydrogen-bond acceptors (Lipinski definition) is 2. The minimum atomic E-state index is -0.980. The zero-order valence-electron chi connectivity index (χ0n) is 11.6. The van der Waals surface area contributed by atoms with Crippen LogP contribution in [-0.2, 0) is 19.1 Å². The van der Waals surface area contributed by atoms with Crippen molar-refractivity contribution in [3.8, 4) is 0 Å². The number of alkyl halides is 1. The summed E-state index contributed by atoms with van der Waals surface area (Å²) in [5, 5.41) is 15.4. The van der Waals surface area contributed by atoms with Crippen molar-refractivity contribution >= 4 is 27.5 Å². The zero-order chi connectivity index (χ0) is 14.8. The van der Waals surface area contributed by atoms with E-state index in [1.165, 1.54) is 0 Å². The predicted molar refractivity (Wildman–Crippen MR) is 85.0 cm³/mol. The van der Waals surface area contributed by atoms with Crippen LogP contribution in [0.15, 0.2) is 34.8 Å². The molecule has 3 nitrogen and oxygen atoms in total. The van der Waals surface area contributed by atoms with Gasteiger partial charge in [-0.2, -0.15) is 5.10 Å². The average molecular weight is 358 g/mol. The first-order valence-corrected chi connectivity index (χ1v) is 7.82. The van der Waals surface area contributed by atoms with Crippen LogP contribution in [0.25, 0.3) is 0 Å². The molecule has 0 bridgehead atoms. The zero-order valence-corrected chi connectivity index (χ0v) is 13.9. The van der Waals surface area contributed by atoms with E-state index >= 15 is 0 Å². The summed E-state index contributed by atoms with van der Waals surface area (Å²) in [6, 6.07) is 9.66. The van der Waals surface area contributed by atoms with Gasteiger partial charge in [0, 0.05) is 19.3 Å². The summed E-state index contributed by atoms with van der Waals surface area (Å²) in [6.07, 6.45) is 0.969. The van der Waals surface area contributed by atoms with Crippen molar-refractivity contribution in [3.05, 3.63) is 51.8 Å². The van der Waals surface area contributed by atoms with Crippen molar-refractivity contribution in [1.82, 2.24) is 9.78 Å². The van der Waals surface area contributed by atoms with Gasteiger partial charge in [0.15, 0.2) is 0 Å². The fraction of sp³-hybridized carbons (Fsp3) is 0.400. The number of hydrogen-bond donors (Lipinski definition) is 1. The van der Waals surface area contributed by atoms with E-state index in [1.807, 2.05) is 49.0 Å². The minimum Gasteiger partial charge on any atom is -0.385 e. The quantitative estimate of drug-likeness (QED) is 0.831. The van der Waals surface area contributed by atoms with Gasteiger partial charge in [0.1, 0.15) is 0 Å². The Morgan fingerprint density at radius 1 is 1.35 bits per heavy atom. The van der Waals surface area contributed by atoms with E-state index in [-0.39, 0.29) is 0 Å². The van der Waals surface area contributed by atoms with E-state index < -0.39 is 5.60 Å². The third kappa shape index (κ3) is 3.08. The number of rotatable bonds is 5. The maximum atomic E-state index is 11.0. The van der Waals surface area contributed by atoms with E-state index in [2.05, 4.69) is 21.0 Å². The first kappa shape index (κ1) is 15.5. The highest BCUT2D eigenvalue weighted by atomic mass is 79.9. The van der Waals surface area contributed by atoms with E-state index in [4.69, 9.17) is 11.6 Å². The third-order valence-electron chi connectivity index (χ3n) is 3.54. The Kier molecular flexibility index (Phi) is 4.89. The van der Waals surface area contributed by atoms with Gasteiger partial charge in [0.05, 0.1) is 21.5 Å². The topological polar surface area (TPSA) is 38.0 Å². The molecule has 0 fully saturated rings. The largest absolute Gasteiger partial charge is 0.385 e. The maximum Gasteiger partial charge on any atom is 0.0963 e. The molecule has 1 aromatic carbocycles. The van der Waals surface area contributed by atoms with Crippen LogP contribution in [-0.4, -0.2) is 20.8 Å². The fourth-order valence-corrected chi connectivity index (χ4v) is 3.18. The van der Waals surface area contributed by atoms with Crippen molar-refractivity contribution in [1.29, 1.82) is 0 Å². The smallest absolute Gasteiger partial charge is 0.0963 e. The van der Waals surface area contributed by atoms with E-state index in [0.717, 1.165) is 21.4 Å². The number of nitrogens with zero attached hydrogens (tertiary/aromatic N) is 2. The highest BCUT2D eigenvalue weighted by Gasteiger charge is 2.31. The lowest BCUT2D eigenvalue weighted by molar-refractivity contribution is 0.0316. The standard InChI is InChI=1S/C15H18BrClN2O/c1-11-14(16)13(19(2)18-11)10-15(20,8-9-17)12-6-4-3-5-7-12/h3-7,20H,8-10H2,1-2H3. The predicted octanol–water partition coefficient (Wildman–Crippen LogP) is 3.55. The monoisotopic (exact) mass is 356 g/mol. The van der Waals surface area contributed by atoms with Crippen LogP contribution < -0.4 is 0 Å². The summed E-state index contributed by atoms with van der Waals surface area (Å²) >= 11 is 9.44. The van der Waals surface area contributed by atoms with Crippen LogP contribution in [0.4, 0.5) is 0 Å².